The molecule has 0 saturated heterocycles. The molecule has 0 aromatic heterocycles. The van der Waals surface area contributed by atoms with Gasteiger partial charge in [-0.25, -0.2) is 12.8 Å². The van der Waals surface area contributed by atoms with Crippen molar-refractivity contribution in [1.29, 1.82) is 0 Å². The van der Waals surface area contributed by atoms with Crippen molar-refractivity contribution in [2.75, 3.05) is 0 Å². The normalized spacial score (nSPS) is 18.4. The molecule has 0 heterocycles. The Balaban J connectivity index is 2.43. The minimum absolute atomic E-state index is 0.251. The Morgan fingerprint density at radius 1 is 1.44 bits per heavy atom. The zero-order valence-electron chi connectivity index (χ0n) is 8.85. The SMILES string of the molecule is CC(O)c1ccc(S(=O)(=O)C2CC2)c(F)c1. The average molecular weight is 244 g/mol. The molecule has 5 heteroatoms. The first-order valence-corrected chi connectivity index (χ1v) is 6.69. The van der Waals surface area contributed by atoms with E-state index in [-0.39, 0.29) is 4.90 Å². The molecule has 1 aromatic rings. The number of hydrogen-bond donors (Lipinski definition) is 1. The van der Waals surface area contributed by atoms with E-state index in [0.29, 0.717) is 18.4 Å². The first-order valence-electron chi connectivity index (χ1n) is 5.14. The van der Waals surface area contributed by atoms with E-state index in [9.17, 15) is 17.9 Å². The van der Waals surface area contributed by atoms with Crippen LogP contribution in [0.4, 0.5) is 4.39 Å². The summed E-state index contributed by atoms with van der Waals surface area (Å²) >= 11 is 0. The molecule has 1 atom stereocenters. The van der Waals surface area contributed by atoms with E-state index in [1.165, 1.54) is 19.1 Å². The lowest BCUT2D eigenvalue weighted by Crippen LogP contribution is -2.10. The summed E-state index contributed by atoms with van der Waals surface area (Å²) in [5.74, 6) is -0.773. The van der Waals surface area contributed by atoms with Gasteiger partial charge in [0.05, 0.1) is 11.4 Å². The maximum Gasteiger partial charge on any atom is 0.184 e. The third-order valence-electron chi connectivity index (χ3n) is 2.71. The predicted octanol–water partition coefficient (Wildman–Crippen LogP) is 1.82. The quantitative estimate of drug-likeness (QED) is 0.882. The summed E-state index contributed by atoms with van der Waals surface area (Å²) in [6.45, 7) is 1.50. The summed E-state index contributed by atoms with van der Waals surface area (Å²) in [5.41, 5.74) is 0.382. The Morgan fingerprint density at radius 2 is 2.06 bits per heavy atom. The number of halogens is 1. The van der Waals surface area contributed by atoms with Gasteiger partial charge in [-0.05, 0) is 37.5 Å². The Hall–Kier alpha value is -0.940. The van der Waals surface area contributed by atoms with Crippen molar-refractivity contribution in [1.82, 2.24) is 0 Å². The van der Waals surface area contributed by atoms with Gasteiger partial charge in [-0.1, -0.05) is 6.07 Å². The lowest BCUT2D eigenvalue weighted by atomic mass is 10.1. The Labute approximate surface area is 93.8 Å². The Bertz CT molecular complexity index is 504. The first kappa shape index (κ1) is 11.5. The highest BCUT2D eigenvalue weighted by Crippen LogP contribution is 2.34. The van der Waals surface area contributed by atoms with Crippen molar-refractivity contribution in [3.63, 3.8) is 0 Å². The fourth-order valence-corrected chi connectivity index (χ4v) is 3.27. The highest BCUT2D eigenvalue weighted by Gasteiger charge is 2.38. The molecule has 16 heavy (non-hydrogen) atoms. The van der Waals surface area contributed by atoms with Crippen molar-refractivity contribution in [2.45, 2.75) is 36.0 Å². The van der Waals surface area contributed by atoms with E-state index in [0.717, 1.165) is 6.07 Å². The van der Waals surface area contributed by atoms with Crippen LogP contribution in [0.3, 0.4) is 0 Å². The second-order valence-corrected chi connectivity index (χ2v) is 6.31. The fourth-order valence-electron chi connectivity index (χ4n) is 1.57. The molecule has 1 aliphatic carbocycles. The summed E-state index contributed by atoms with van der Waals surface area (Å²) in [6, 6.07) is 3.77. The summed E-state index contributed by atoms with van der Waals surface area (Å²) < 4.78 is 37.2. The zero-order chi connectivity index (χ0) is 11.9. The zero-order valence-corrected chi connectivity index (χ0v) is 9.67. The van der Waals surface area contributed by atoms with E-state index in [1.54, 1.807) is 0 Å². The minimum Gasteiger partial charge on any atom is -0.389 e. The van der Waals surface area contributed by atoms with Crippen molar-refractivity contribution < 1.29 is 17.9 Å². The molecule has 1 N–H and O–H groups in total. The highest BCUT2D eigenvalue weighted by atomic mass is 32.2. The van der Waals surface area contributed by atoms with Crippen molar-refractivity contribution >= 4 is 9.84 Å². The Morgan fingerprint density at radius 3 is 2.50 bits per heavy atom. The topological polar surface area (TPSA) is 54.4 Å². The lowest BCUT2D eigenvalue weighted by molar-refractivity contribution is 0.198. The van der Waals surface area contributed by atoms with Gasteiger partial charge >= 0.3 is 0 Å². The van der Waals surface area contributed by atoms with Gasteiger partial charge in [0.2, 0.25) is 0 Å². The fraction of sp³-hybridized carbons (Fsp3) is 0.455. The molecule has 0 radical (unpaired) electrons. The second-order valence-electron chi connectivity index (χ2n) is 4.11. The molecule has 88 valence electrons. The van der Waals surface area contributed by atoms with Gasteiger partial charge < -0.3 is 5.11 Å². The molecule has 3 nitrogen and oxygen atoms in total. The van der Waals surface area contributed by atoms with Crippen molar-refractivity contribution in [3.8, 4) is 0 Å². The smallest absolute Gasteiger partial charge is 0.184 e. The number of aliphatic hydroxyl groups is 1. The highest BCUT2D eigenvalue weighted by molar-refractivity contribution is 7.92. The molecule has 0 bridgehead atoms. The van der Waals surface area contributed by atoms with Gasteiger partial charge in [-0.15, -0.1) is 0 Å². The maximum absolute atomic E-state index is 13.6. The van der Waals surface area contributed by atoms with Gasteiger partial charge in [-0.3, -0.25) is 0 Å². The number of rotatable bonds is 3. The third-order valence-corrected chi connectivity index (χ3v) is 5.00. The molecule has 1 unspecified atom stereocenters. The minimum atomic E-state index is -3.50. The molecule has 1 aliphatic rings. The van der Waals surface area contributed by atoms with E-state index in [2.05, 4.69) is 0 Å². The molecule has 1 aromatic carbocycles. The third kappa shape index (κ3) is 1.97. The summed E-state index contributed by atoms with van der Waals surface area (Å²) in [7, 11) is -3.50. The maximum atomic E-state index is 13.6. The number of hydrogen-bond acceptors (Lipinski definition) is 3. The van der Waals surface area contributed by atoms with Crippen LogP contribution in [0.1, 0.15) is 31.4 Å². The monoisotopic (exact) mass is 244 g/mol. The van der Waals surface area contributed by atoms with Crippen LogP contribution in [-0.4, -0.2) is 18.8 Å². The van der Waals surface area contributed by atoms with Crippen LogP contribution in [-0.2, 0) is 9.84 Å². The average Bonchev–Trinajstić information content (AvgIpc) is 2.99. The van der Waals surface area contributed by atoms with Crippen LogP contribution in [0.15, 0.2) is 23.1 Å². The molecule has 1 fully saturated rings. The van der Waals surface area contributed by atoms with Crippen molar-refractivity contribution in [3.05, 3.63) is 29.6 Å². The number of sulfone groups is 1. The van der Waals surface area contributed by atoms with Gasteiger partial charge in [0, 0.05) is 0 Å². The molecular weight excluding hydrogens is 231 g/mol. The second kappa shape index (κ2) is 3.82. The molecule has 1 saturated carbocycles. The van der Waals surface area contributed by atoms with E-state index in [4.69, 9.17) is 0 Å². The van der Waals surface area contributed by atoms with Gasteiger partial charge in [0.25, 0.3) is 0 Å². The number of aliphatic hydroxyl groups excluding tert-OH is 1. The van der Waals surface area contributed by atoms with Crippen LogP contribution >= 0.6 is 0 Å². The van der Waals surface area contributed by atoms with Crippen LogP contribution < -0.4 is 0 Å². The van der Waals surface area contributed by atoms with Crippen LogP contribution in [0.5, 0.6) is 0 Å². The lowest BCUT2D eigenvalue weighted by Gasteiger charge is -2.08. The van der Waals surface area contributed by atoms with Crippen LogP contribution in [0.25, 0.3) is 0 Å². The molecule has 0 aliphatic heterocycles. The summed E-state index contributed by atoms with van der Waals surface area (Å²) in [5, 5.41) is 8.83. The van der Waals surface area contributed by atoms with E-state index in [1.807, 2.05) is 0 Å². The van der Waals surface area contributed by atoms with Crippen molar-refractivity contribution in [2.24, 2.45) is 0 Å². The largest absolute Gasteiger partial charge is 0.389 e. The molecule has 0 spiro atoms. The standard InChI is InChI=1S/C11H13FO3S/c1-7(13)8-2-5-11(10(12)6-8)16(14,15)9-3-4-9/h2,5-7,9,13H,3-4H2,1H3. The first-order chi connectivity index (χ1) is 7.43. The van der Waals surface area contributed by atoms with Gasteiger partial charge in [0.1, 0.15) is 10.7 Å². The molecule has 2 rings (SSSR count). The van der Waals surface area contributed by atoms with E-state index < -0.39 is 27.0 Å². The van der Waals surface area contributed by atoms with E-state index >= 15 is 0 Å². The number of benzene rings is 1. The van der Waals surface area contributed by atoms with Gasteiger partial charge in [0.15, 0.2) is 9.84 Å². The van der Waals surface area contributed by atoms with Gasteiger partial charge in [-0.2, -0.15) is 0 Å². The predicted molar refractivity (Wildman–Crippen MR) is 57.2 cm³/mol. The van der Waals surface area contributed by atoms with Crippen LogP contribution in [0, 0.1) is 5.82 Å². The summed E-state index contributed by atoms with van der Waals surface area (Å²) in [6.07, 6.45) is 0.423. The molecular formula is C11H13FO3S. The Kier molecular flexibility index (Phi) is 2.75. The van der Waals surface area contributed by atoms with Crippen LogP contribution in [0.2, 0.25) is 0 Å². The summed E-state index contributed by atoms with van der Waals surface area (Å²) in [4.78, 5) is -0.251. The molecule has 0 amide bonds.